The van der Waals surface area contributed by atoms with Gasteiger partial charge in [-0.3, -0.25) is 9.69 Å². The largest absolute Gasteiger partial charge is 0.493 e. The van der Waals surface area contributed by atoms with Crippen LogP contribution in [0.5, 0.6) is 5.75 Å². The van der Waals surface area contributed by atoms with Crippen LogP contribution in [0, 0.1) is 11.3 Å². The van der Waals surface area contributed by atoms with Crippen LogP contribution in [0.25, 0.3) is 0 Å². The highest BCUT2D eigenvalue weighted by atomic mass is 35.5. The first-order chi connectivity index (χ1) is 14.9. The Hall–Kier alpha value is -2.04. The van der Waals surface area contributed by atoms with E-state index in [1.807, 2.05) is 35.2 Å². The SMILES string of the molecule is CC(C)COc1ccccc1CN1CCC2(CC1)CN(C(=O)Cc1ccc(Cl)cc1)C2. The van der Waals surface area contributed by atoms with Crippen LogP contribution in [-0.2, 0) is 17.8 Å². The van der Waals surface area contributed by atoms with Crippen molar-refractivity contribution in [1.82, 2.24) is 9.80 Å². The maximum absolute atomic E-state index is 12.6. The van der Waals surface area contributed by atoms with Crippen molar-refractivity contribution in [3.05, 3.63) is 64.7 Å². The number of piperidine rings is 1. The summed E-state index contributed by atoms with van der Waals surface area (Å²) in [4.78, 5) is 17.2. The van der Waals surface area contributed by atoms with E-state index in [2.05, 4.69) is 36.9 Å². The molecule has 4 nitrogen and oxygen atoms in total. The van der Waals surface area contributed by atoms with Crippen molar-refractivity contribution in [2.45, 2.75) is 39.7 Å². The highest BCUT2D eigenvalue weighted by molar-refractivity contribution is 6.30. The number of benzene rings is 2. The molecule has 2 heterocycles. The maximum Gasteiger partial charge on any atom is 0.227 e. The minimum Gasteiger partial charge on any atom is -0.493 e. The Labute approximate surface area is 191 Å². The average Bonchev–Trinajstić information content (AvgIpc) is 2.73. The Morgan fingerprint density at radius 2 is 1.74 bits per heavy atom. The first-order valence-electron chi connectivity index (χ1n) is 11.4. The molecule has 2 aromatic carbocycles. The number of amides is 1. The van der Waals surface area contributed by atoms with Gasteiger partial charge in [0.15, 0.2) is 0 Å². The zero-order valence-electron chi connectivity index (χ0n) is 18.6. The summed E-state index contributed by atoms with van der Waals surface area (Å²) in [7, 11) is 0. The van der Waals surface area contributed by atoms with Crippen molar-refractivity contribution in [3.8, 4) is 5.75 Å². The number of nitrogens with zero attached hydrogens (tertiary/aromatic N) is 2. The van der Waals surface area contributed by atoms with Gasteiger partial charge >= 0.3 is 0 Å². The molecule has 2 aliphatic rings. The van der Waals surface area contributed by atoms with E-state index in [1.165, 1.54) is 5.56 Å². The lowest BCUT2D eigenvalue weighted by Gasteiger charge is -2.54. The van der Waals surface area contributed by atoms with Crippen LogP contribution < -0.4 is 4.74 Å². The third kappa shape index (κ3) is 5.61. The number of hydrogen-bond donors (Lipinski definition) is 0. The summed E-state index contributed by atoms with van der Waals surface area (Å²) < 4.78 is 6.03. The van der Waals surface area contributed by atoms with Gasteiger partial charge in [-0.15, -0.1) is 0 Å². The van der Waals surface area contributed by atoms with Gasteiger partial charge in [-0.25, -0.2) is 0 Å². The van der Waals surface area contributed by atoms with Gasteiger partial charge in [-0.05, 0) is 55.6 Å². The van der Waals surface area contributed by atoms with Crippen LogP contribution in [0.1, 0.15) is 37.8 Å². The van der Waals surface area contributed by atoms with Crippen molar-refractivity contribution >= 4 is 17.5 Å². The molecule has 1 spiro atoms. The molecule has 0 bridgehead atoms. The van der Waals surface area contributed by atoms with E-state index >= 15 is 0 Å². The molecule has 5 heteroatoms. The number of para-hydroxylation sites is 1. The van der Waals surface area contributed by atoms with Gasteiger partial charge in [0.2, 0.25) is 5.91 Å². The van der Waals surface area contributed by atoms with E-state index < -0.39 is 0 Å². The molecule has 4 rings (SSSR count). The summed E-state index contributed by atoms with van der Waals surface area (Å²) in [5, 5.41) is 0.708. The highest BCUT2D eigenvalue weighted by Crippen LogP contribution is 2.41. The number of halogens is 1. The molecule has 2 aromatic rings. The molecule has 0 aromatic heterocycles. The molecule has 2 saturated heterocycles. The van der Waals surface area contributed by atoms with Crippen LogP contribution in [0.3, 0.4) is 0 Å². The molecule has 0 saturated carbocycles. The smallest absolute Gasteiger partial charge is 0.227 e. The van der Waals surface area contributed by atoms with E-state index in [9.17, 15) is 4.79 Å². The monoisotopic (exact) mass is 440 g/mol. The van der Waals surface area contributed by atoms with Crippen molar-refractivity contribution in [3.63, 3.8) is 0 Å². The Kier molecular flexibility index (Phi) is 6.88. The second-order valence-electron chi connectivity index (χ2n) is 9.64. The quantitative estimate of drug-likeness (QED) is 0.604. The molecule has 31 heavy (non-hydrogen) atoms. The lowest BCUT2D eigenvalue weighted by atomic mass is 9.71. The number of rotatable bonds is 7. The zero-order valence-corrected chi connectivity index (χ0v) is 19.4. The third-order valence-corrected chi connectivity index (χ3v) is 6.78. The summed E-state index contributed by atoms with van der Waals surface area (Å²) in [5.41, 5.74) is 2.62. The van der Waals surface area contributed by atoms with Crippen molar-refractivity contribution in [2.24, 2.45) is 11.3 Å². The number of carbonyl (C=O) groups is 1. The molecule has 0 atom stereocenters. The van der Waals surface area contributed by atoms with Crippen LogP contribution in [0.4, 0.5) is 0 Å². The third-order valence-electron chi connectivity index (χ3n) is 6.53. The second-order valence-corrected chi connectivity index (χ2v) is 10.1. The first-order valence-corrected chi connectivity index (χ1v) is 11.8. The molecule has 2 aliphatic heterocycles. The van der Waals surface area contributed by atoms with Crippen molar-refractivity contribution in [2.75, 3.05) is 32.8 Å². The van der Waals surface area contributed by atoms with Crippen LogP contribution >= 0.6 is 11.6 Å². The van der Waals surface area contributed by atoms with Crippen molar-refractivity contribution in [1.29, 1.82) is 0 Å². The molecule has 166 valence electrons. The lowest BCUT2D eigenvalue weighted by molar-refractivity contribution is -0.146. The van der Waals surface area contributed by atoms with Gasteiger partial charge < -0.3 is 9.64 Å². The molecule has 0 radical (unpaired) electrons. The standard InChI is InChI=1S/C26H33ClN2O2/c1-20(2)17-31-24-6-4-3-5-22(24)16-28-13-11-26(12-14-28)18-29(19-26)25(30)15-21-7-9-23(27)10-8-21/h3-10,20H,11-19H2,1-2H3. The van der Waals surface area contributed by atoms with Crippen LogP contribution in [0.2, 0.25) is 5.02 Å². The van der Waals surface area contributed by atoms with Gasteiger partial charge in [-0.1, -0.05) is 55.8 Å². The van der Waals surface area contributed by atoms with E-state index in [1.54, 1.807) is 0 Å². The average molecular weight is 441 g/mol. The highest BCUT2D eigenvalue weighted by Gasteiger charge is 2.46. The number of likely N-dealkylation sites (tertiary alicyclic amines) is 2. The number of carbonyl (C=O) groups excluding carboxylic acids is 1. The van der Waals surface area contributed by atoms with Gasteiger partial charge in [-0.2, -0.15) is 0 Å². The lowest BCUT2D eigenvalue weighted by Crippen LogP contribution is -2.62. The van der Waals surface area contributed by atoms with E-state index in [4.69, 9.17) is 16.3 Å². The van der Waals surface area contributed by atoms with Gasteiger partial charge in [0.1, 0.15) is 5.75 Å². The normalized spacial score (nSPS) is 18.3. The number of hydrogen-bond acceptors (Lipinski definition) is 3. The fourth-order valence-corrected chi connectivity index (χ4v) is 4.73. The van der Waals surface area contributed by atoms with Gasteiger partial charge in [0, 0.05) is 35.6 Å². The summed E-state index contributed by atoms with van der Waals surface area (Å²) in [5.74, 6) is 1.76. The van der Waals surface area contributed by atoms with Crippen molar-refractivity contribution < 1.29 is 9.53 Å². The molecule has 0 unspecified atom stereocenters. The predicted octanol–water partition coefficient (Wildman–Crippen LogP) is 5.04. The Morgan fingerprint density at radius 3 is 2.42 bits per heavy atom. The minimum absolute atomic E-state index is 0.228. The fourth-order valence-electron chi connectivity index (χ4n) is 4.60. The topological polar surface area (TPSA) is 32.8 Å². The molecular weight excluding hydrogens is 408 g/mol. The summed E-state index contributed by atoms with van der Waals surface area (Å²) >= 11 is 5.94. The fraction of sp³-hybridized carbons (Fsp3) is 0.500. The molecule has 0 N–H and O–H groups in total. The predicted molar refractivity (Wildman–Crippen MR) is 125 cm³/mol. The summed E-state index contributed by atoms with van der Waals surface area (Å²) in [6, 6.07) is 16.0. The molecule has 1 amide bonds. The van der Waals surface area contributed by atoms with E-state index in [0.29, 0.717) is 22.8 Å². The van der Waals surface area contributed by atoms with E-state index in [-0.39, 0.29) is 5.91 Å². The zero-order chi connectivity index (χ0) is 21.8. The summed E-state index contributed by atoms with van der Waals surface area (Å²) in [6.07, 6.45) is 2.78. The van der Waals surface area contributed by atoms with Gasteiger partial charge in [0.05, 0.1) is 13.0 Å². The van der Waals surface area contributed by atoms with Gasteiger partial charge in [0.25, 0.3) is 0 Å². The number of ether oxygens (including phenoxy) is 1. The molecule has 0 aliphatic carbocycles. The Morgan fingerprint density at radius 1 is 1.06 bits per heavy atom. The van der Waals surface area contributed by atoms with E-state index in [0.717, 1.165) is 63.5 Å². The van der Waals surface area contributed by atoms with Crippen LogP contribution in [-0.4, -0.2) is 48.5 Å². The Balaban J connectivity index is 1.25. The Bertz CT molecular complexity index is 881. The minimum atomic E-state index is 0.228. The second kappa shape index (κ2) is 9.62. The maximum atomic E-state index is 12.6. The van der Waals surface area contributed by atoms with Crippen LogP contribution in [0.15, 0.2) is 48.5 Å². The summed E-state index contributed by atoms with van der Waals surface area (Å²) in [6.45, 7) is 10.0. The molecular formula is C26H33ClN2O2. The first kappa shape index (κ1) is 22.2. The molecule has 2 fully saturated rings.